The Morgan fingerprint density at radius 3 is 2.45 bits per heavy atom. The maximum absolute atomic E-state index is 12.9. The standard InChI is InChI=1S/C22H23FN2O4/c1-3-15-4-10-19(11-5-15)25-13-16(12-20(25)26)22(28)29-14(2)21(27)24-18-8-6-17(23)7-9-18/h4-11,14,16H,3,12-13H2,1-2H3,(H,24,27)/t14-,16+/m1/s1. The van der Waals surface area contributed by atoms with Gasteiger partial charge >= 0.3 is 5.97 Å². The van der Waals surface area contributed by atoms with Gasteiger partial charge in [0.05, 0.1) is 5.92 Å². The van der Waals surface area contributed by atoms with Gasteiger partial charge in [-0.25, -0.2) is 4.39 Å². The van der Waals surface area contributed by atoms with Crippen molar-refractivity contribution in [3.63, 3.8) is 0 Å². The highest BCUT2D eigenvalue weighted by molar-refractivity contribution is 6.00. The van der Waals surface area contributed by atoms with Crippen LogP contribution in [0.2, 0.25) is 0 Å². The smallest absolute Gasteiger partial charge is 0.312 e. The van der Waals surface area contributed by atoms with Crippen LogP contribution in [0.5, 0.6) is 0 Å². The summed E-state index contributed by atoms with van der Waals surface area (Å²) < 4.78 is 18.2. The predicted octanol–water partition coefficient (Wildman–Crippen LogP) is 3.31. The summed E-state index contributed by atoms with van der Waals surface area (Å²) in [7, 11) is 0. The first-order valence-electron chi connectivity index (χ1n) is 9.53. The number of hydrogen-bond acceptors (Lipinski definition) is 4. The van der Waals surface area contributed by atoms with Crippen molar-refractivity contribution in [1.29, 1.82) is 0 Å². The molecule has 0 radical (unpaired) electrons. The number of carbonyl (C=O) groups is 3. The Morgan fingerprint density at radius 2 is 1.83 bits per heavy atom. The van der Waals surface area contributed by atoms with Gasteiger partial charge in [0.25, 0.3) is 5.91 Å². The lowest BCUT2D eigenvalue weighted by atomic mass is 10.1. The summed E-state index contributed by atoms with van der Waals surface area (Å²) in [6.07, 6.45) is -0.0950. The molecule has 7 heteroatoms. The Kier molecular flexibility index (Phi) is 6.26. The minimum atomic E-state index is -1.04. The van der Waals surface area contributed by atoms with Crippen LogP contribution in [0.1, 0.15) is 25.8 Å². The van der Waals surface area contributed by atoms with Crippen LogP contribution in [-0.4, -0.2) is 30.4 Å². The second-order valence-corrected chi connectivity index (χ2v) is 7.00. The number of aryl methyl sites for hydroxylation is 1. The van der Waals surface area contributed by atoms with E-state index in [0.717, 1.165) is 17.7 Å². The number of rotatable bonds is 6. The van der Waals surface area contributed by atoms with Crippen molar-refractivity contribution in [2.24, 2.45) is 5.92 Å². The minimum absolute atomic E-state index is 0.0423. The third kappa shape index (κ3) is 4.99. The maximum Gasteiger partial charge on any atom is 0.312 e. The Morgan fingerprint density at radius 1 is 1.17 bits per heavy atom. The lowest BCUT2D eigenvalue weighted by molar-refractivity contribution is -0.157. The highest BCUT2D eigenvalue weighted by Gasteiger charge is 2.37. The van der Waals surface area contributed by atoms with Crippen molar-refractivity contribution in [2.75, 3.05) is 16.8 Å². The van der Waals surface area contributed by atoms with E-state index >= 15 is 0 Å². The summed E-state index contributed by atoms with van der Waals surface area (Å²) in [5.74, 6) is -2.31. The van der Waals surface area contributed by atoms with Crippen LogP contribution in [0.25, 0.3) is 0 Å². The van der Waals surface area contributed by atoms with Crippen LogP contribution in [0.3, 0.4) is 0 Å². The molecule has 1 fully saturated rings. The average molecular weight is 398 g/mol. The molecule has 152 valence electrons. The average Bonchev–Trinajstić information content (AvgIpc) is 3.11. The van der Waals surface area contributed by atoms with Crippen molar-refractivity contribution in [3.05, 3.63) is 59.9 Å². The normalized spacial score (nSPS) is 17.1. The SMILES string of the molecule is CCc1ccc(N2C[C@@H](C(=O)O[C@H](C)C(=O)Nc3ccc(F)cc3)CC2=O)cc1. The van der Waals surface area contributed by atoms with Gasteiger partial charge in [0, 0.05) is 24.3 Å². The number of nitrogens with zero attached hydrogens (tertiary/aromatic N) is 1. The summed E-state index contributed by atoms with van der Waals surface area (Å²) in [6, 6.07) is 12.9. The van der Waals surface area contributed by atoms with Crippen LogP contribution in [0, 0.1) is 11.7 Å². The first-order valence-corrected chi connectivity index (χ1v) is 9.53. The van der Waals surface area contributed by atoms with Gasteiger partial charge in [-0.15, -0.1) is 0 Å². The van der Waals surface area contributed by atoms with E-state index in [0.29, 0.717) is 5.69 Å². The lowest BCUT2D eigenvalue weighted by Crippen LogP contribution is -2.33. The second kappa shape index (κ2) is 8.86. The highest BCUT2D eigenvalue weighted by atomic mass is 19.1. The number of nitrogens with one attached hydrogen (secondary N) is 1. The molecule has 1 heterocycles. The zero-order valence-electron chi connectivity index (χ0n) is 16.4. The molecule has 2 aromatic carbocycles. The van der Waals surface area contributed by atoms with Gasteiger partial charge in [-0.3, -0.25) is 14.4 Å². The molecule has 1 saturated heterocycles. The molecule has 2 atom stereocenters. The van der Waals surface area contributed by atoms with E-state index in [9.17, 15) is 18.8 Å². The number of halogens is 1. The van der Waals surface area contributed by atoms with Crippen molar-refractivity contribution < 1.29 is 23.5 Å². The number of benzene rings is 2. The van der Waals surface area contributed by atoms with Crippen LogP contribution in [-0.2, 0) is 25.5 Å². The molecule has 2 aromatic rings. The molecule has 0 aromatic heterocycles. The van der Waals surface area contributed by atoms with E-state index in [1.165, 1.54) is 31.2 Å². The number of carbonyl (C=O) groups excluding carboxylic acids is 3. The Balaban J connectivity index is 1.56. The number of hydrogen-bond donors (Lipinski definition) is 1. The van der Waals surface area contributed by atoms with E-state index in [4.69, 9.17) is 4.74 Å². The molecule has 1 aliphatic heterocycles. The number of anilines is 2. The Labute approximate surface area is 168 Å². The molecule has 2 amide bonds. The van der Waals surface area contributed by atoms with E-state index < -0.39 is 29.7 Å². The van der Waals surface area contributed by atoms with Crippen LogP contribution < -0.4 is 10.2 Å². The van der Waals surface area contributed by atoms with E-state index in [1.54, 1.807) is 4.90 Å². The topological polar surface area (TPSA) is 75.7 Å². The molecule has 3 rings (SSSR count). The molecular formula is C22H23FN2O4. The quantitative estimate of drug-likeness (QED) is 0.758. The number of ether oxygens (including phenoxy) is 1. The van der Waals surface area contributed by atoms with Crippen molar-refractivity contribution in [1.82, 2.24) is 0 Å². The minimum Gasteiger partial charge on any atom is -0.452 e. The first-order chi connectivity index (χ1) is 13.9. The fourth-order valence-corrected chi connectivity index (χ4v) is 3.13. The molecule has 6 nitrogen and oxygen atoms in total. The number of amides is 2. The Bertz CT molecular complexity index is 896. The first kappa shape index (κ1) is 20.5. The van der Waals surface area contributed by atoms with E-state index in [1.807, 2.05) is 24.3 Å². The van der Waals surface area contributed by atoms with Gasteiger partial charge in [0.1, 0.15) is 5.82 Å². The van der Waals surface area contributed by atoms with Gasteiger partial charge in [-0.05, 0) is 55.3 Å². The second-order valence-electron chi connectivity index (χ2n) is 7.00. The molecule has 0 saturated carbocycles. The fraction of sp³-hybridized carbons (Fsp3) is 0.318. The molecule has 0 bridgehead atoms. The molecule has 1 aliphatic rings. The Hall–Kier alpha value is -3.22. The molecule has 1 N–H and O–H groups in total. The molecule has 0 unspecified atom stereocenters. The van der Waals surface area contributed by atoms with Crippen LogP contribution >= 0.6 is 0 Å². The van der Waals surface area contributed by atoms with Gasteiger partial charge < -0.3 is 15.0 Å². The predicted molar refractivity (Wildman–Crippen MR) is 107 cm³/mol. The van der Waals surface area contributed by atoms with Crippen LogP contribution in [0.4, 0.5) is 15.8 Å². The summed E-state index contributed by atoms with van der Waals surface area (Å²) >= 11 is 0. The van der Waals surface area contributed by atoms with Gasteiger partial charge in [0.2, 0.25) is 5.91 Å². The third-order valence-electron chi connectivity index (χ3n) is 4.89. The largest absolute Gasteiger partial charge is 0.452 e. The highest BCUT2D eigenvalue weighted by Crippen LogP contribution is 2.26. The summed E-state index contributed by atoms with van der Waals surface area (Å²) in [5, 5.41) is 2.56. The maximum atomic E-state index is 12.9. The van der Waals surface area contributed by atoms with E-state index in [-0.39, 0.29) is 18.9 Å². The number of esters is 1. The third-order valence-corrected chi connectivity index (χ3v) is 4.89. The molecular weight excluding hydrogens is 375 g/mol. The molecule has 0 aliphatic carbocycles. The summed E-state index contributed by atoms with van der Waals surface area (Å²) in [4.78, 5) is 38.6. The van der Waals surface area contributed by atoms with Crippen molar-refractivity contribution in [2.45, 2.75) is 32.8 Å². The van der Waals surface area contributed by atoms with Crippen LogP contribution in [0.15, 0.2) is 48.5 Å². The van der Waals surface area contributed by atoms with Crippen molar-refractivity contribution >= 4 is 29.2 Å². The van der Waals surface area contributed by atoms with E-state index in [2.05, 4.69) is 12.2 Å². The fourth-order valence-electron chi connectivity index (χ4n) is 3.13. The zero-order chi connectivity index (χ0) is 21.0. The molecule has 0 spiro atoms. The zero-order valence-corrected chi connectivity index (χ0v) is 16.4. The molecule has 29 heavy (non-hydrogen) atoms. The lowest BCUT2D eigenvalue weighted by Gasteiger charge is -2.18. The summed E-state index contributed by atoms with van der Waals surface area (Å²) in [5.41, 5.74) is 2.30. The van der Waals surface area contributed by atoms with Gasteiger partial charge in [-0.2, -0.15) is 0 Å². The van der Waals surface area contributed by atoms with Crippen molar-refractivity contribution in [3.8, 4) is 0 Å². The summed E-state index contributed by atoms with van der Waals surface area (Å²) in [6.45, 7) is 3.72. The van der Waals surface area contributed by atoms with Gasteiger partial charge in [-0.1, -0.05) is 19.1 Å². The van der Waals surface area contributed by atoms with Gasteiger partial charge in [0.15, 0.2) is 6.10 Å². The monoisotopic (exact) mass is 398 g/mol.